The monoisotopic (exact) mass is 212 g/mol. The fraction of sp³-hybridized carbons (Fsp3) is 0.750. The summed E-state index contributed by atoms with van der Waals surface area (Å²) in [5.41, 5.74) is 0. The van der Waals surface area contributed by atoms with E-state index in [9.17, 15) is 4.79 Å². The molecule has 1 N–H and O–H groups in total. The zero-order valence-corrected chi connectivity index (χ0v) is 8.17. The number of aliphatic carboxylic acids is 1. The van der Waals surface area contributed by atoms with Crippen LogP contribution in [-0.2, 0) is 16.0 Å². The average molecular weight is 212 g/mol. The van der Waals surface area contributed by atoms with Gasteiger partial charge in [-0.2, -0.15) is 0 Å². The first-order valence-corrected chi connectivity index (χ1v) is 4.83. The van der Waals surface area contributed by atoms with Gasteiger partial charge in [-0.25, -0.2) is 4.68 Å². The maximum Gasteiger partial charge on any atom is 0.311 e. The summed E-state index contributed by atoms with van der Waals surface area (Å²) in [5.74, 6) is -0.507. The zero-order valence-electron chi connectivity index (χ0n) is 8.17. The zero-order chi connectivity index (χ0) is 10.7. The van der Waals surface area contributed by atoms with Gasteiger partial charge in [0.2, 0.25) is 0 Å². The number of ether oxygens (including phenoxy) is 1. The van der Waals surface area contributed by atoms with E-state index in [2.05, 4.69) is 15.5 Å². The lowest BCUT2D eigenvalue weighted by Gasteiger charge is -2.22. The van der Waals surface area contributed by atoms with E-state index in [0.29, 0.717) is 19.0 Å². The minimum absolute atomic E-state index is 0.135. The van der Waals surface area contributed by atoms with Crippen LogP contribution >= 0.6 is 0 Å². The highest BCUT2D eigenvalue weighted by molar-refractivity contribution is 5.68. The van der Waals surface area contributed by atoms with E-state index in [1.807, 2.05) is 0 Å². The lowest BCUT2D eigenvalue weighted by Crippen LogP contribution is -2.23. The van der Waals surface area contributed by atoms with Crippen molar-refractivity contribution in [3.8, 4) is 0 Å². The molecule has 0 saturated carbocycles. The largest absolute Gasteiger partial charge is 0.481 e. The Morgan fingerprint density at radius 3 is 2.93 bits per heavy atom. The topological polar surface area (TPSA) is 90.1 Å². The summed E-state index contributed by atoms with van der Waals surface area (Å²) in [4.78, 5) is 10.6. The molecule has 0 aliphatic carbocycles. The fourth-order valence-electron chi connectivity index (χ4n) is 1.68. The van der Waals surface area contributed by atoms with Crippen LogP contribution in [0.1, 0.15) is 24.7 Å². The molecule has 0 aromatic carbocycles. The molecule has 1 aliphatic heterocycles. The Bertz CT molecular complexity index is 345. The fourth-order valence-corrected chi connectivity index (χ4v) is 1.68. The van der Waals surface area contributed by atoms with Crippen molar-refractivity contribution in [2.24, 2.45) is 0 Å². The van der Waals surface area contributed by atoms with Gasteiger partial charge in [0, 0.05) is 13.2 Å². The van der Waals surface area contributed by atoms with Crippen LogP contribution < -0.4 is 0 Å². The minimum atomic E-state index is -0.918. The summed E-state index contributed by atoms with van der Waals surface area (Å²) in [6.07, 6.45) is 1.53. The summed E-state index contributed by atoms with van der Waals surface area (Å²) >= 11 is 0. The molecule has 2 heterocycles. The quantitative estimate of drug-likeness (QED) is 0.736. The number of tetrazole rings is 1. The molecule has 15 heavy (non-hydrogen) atoms. The third-order valence-corrected chi connectivity index (χ3v) is 2.41. The van der Waals surface area contributed by atoms with Gasteiger partial charge in [0.25, 0.3) is 0 Å². The number of aromatic nitrogens is 4. The number of hydrogen-bond donors (Lipinski definition) is 1. The van der Waals surface area contributed by atoms with Crippen LogP contribution in [0.2, 0.25) is 0 Å². The number of carboxylic acids is 1. The molecule has 0 radical (unpaired) electrons. The first-order valence-electron chi connectivity index (χ1n) is 4.83. The van der Waals surface area contributed by atoms with Gasteiger partial charge in [0.15, 0.2) is 5.82 Å². The second-order valence-corrected chi connectivity index (χ2v) is 3.45. The molecule has 2 rings (SSSR count). The van der Waals surface area contributed by atoms with Gasteiger partial charge in [-0.1, -0.05) is 0 Å². The van der Waals surface area contributed by atoms with E-state index in [1.54, 1.807) is 4.68 Å². The van der Waals surface area contributed by atoms with Gasteiger partial charge in [0.05, 0.1) is 6.04 Å². The van der Waals surface area contributed by atoms with Crippen molar-refractivity contribution in [2.45, 2.75) is 25.3 Å². The van der Waals surface area contributed by atoms with E-state index in [0.717, 1.165) is 12.8 Å². The predicted molar refractivity (Wildman–Crippen MR) is 48.2 cm³/mol. The molecule has 1 aliphatic rings. The van der Waals surface area contributed by atoms with Crippen molar-refractivity contribution < 1.29 is 14.6 Å². The number of rotatable bonds is 3. The van der Waals surface area contributed by atoms with Gasteiger partial charge in [-0.05, 0) is 23.3 Å². The SMILES string of the molecule is O=C(O)Cc1nnnn1C1CCOCC1. The molecule has 0 unspecified atom stereocenters. The molecule has 7 nitrogen and oxygen atoms in total. The van der Waals surface area contributed by atoms with E-state index in [4.69, 9.17) is 9.84 Å². The highest BCUT2D eigenvalue weighted by Crippen LogP contribution is 2.20. The molecular formula is C8H12N4O3. The van der Waals surface area contributed by atoms with Crippen molar-refractivity contribution in [1.29, 1.82) is 0 Å². The van der Waals surface area contributed by atoms with Crippen molar-refractivity contribution in [1.82, 2.24) is 20.2 Å². The number of nitrogens with zero attached hydrogens (tertiary/aromatic N) is 4. The van der Waals surface area contributed by atoms with Crippen molar-refractivity contribution in [3.05, 3.63) is 5.82 Å². The van der Waals surface area contributed by atoms with Crippen LogP contribution in [-0.4, -0.2) is 44.5 Å². The van der Waals surface area contributed by atoms with Gasteiger partial charge in [-0.15, -0.1) is 5.10 Å². The van der Waals surface area contributed by atoms with Crippen LogP contribution in [0, 0.1) is 0 Å². The number of carboxylic acid groups (broad SMARTS) is 1. The van der Waals surface area contributed by atoms with E-state index < -0.39 is 5.97 Å². The normalized spacial score (nSPS) is 17.9. The molecule has 1 saturated heterocycles. The number of carbonyl (C=O) groups is 1. The molecule has 1 aromatic heterocycles. The highest BCUT2D eigenvalue weighted by atomic mass is 16.5. The molecule has 1 fully saturated rings. The highest BCUT2D eigenvalue weighted by Gasteiger charge is 2.21. The molecule has 0 spiro atoms. The summed E-state index contributed by atoms with van der Waals surface area (Å²) < 4.78 is 6.83. The summed E-state index contributed by atoms with van der Waals surface area (Å²) in [7, 11) is 0. The second-order valence-electron chi connectivity index (χ2n) is 3.45. The van der Waals surface area contributed by atoms with Crippen LogP contribution in [0.4, 0.5) is 0 Å². The predicted octanol–water partition coefficient (Wildman–Crippen LogP) is -0.348. The summed E-state index contributed by atoms with van der Waals surface area (Å²) in [6, 6.07) is 0.170. The summed E-state index contributed by atoms with van der Waals surface area (Å²) in [6.45, 7) is 1.36. The Labute approximate surface area is 86.0 Å². The van der Waals surface area contributed by atoms with Gasteiger partial charge < -0.3 is 9.84 Å². The maximum absolute atomic E-state index is 10.6. The Hall–Kier alpha value is -1.50. The van der Waals surface area contributed by atoms with E-state index in [-0.39, 0.29) is 12.5 Å². The first-order chi connectivity index (χ1) is 7.27. The standard InChI is InChI=1S/C8H12N4O3/c13-8(14)5-7-9-10-11-12(7)6-1-3-15-4-2-6/h6H,1-5H2,(H,13,14). The van der Waals surface area contributed by atoms with Crippen LogP contribution in [0.3, 0.4) is 0 Å². The third kappa shape index (κ3) is 2.30. The Balaban J connectivity index is 2.12. The second kappa shape index (κ2) is 4.35. The van der Waals surface area contributed by atoms with E-state index in [1.165, 1.54) is 0 Å². The Morgan fingerprint density at radius 2 is 2.27 bits per heavy atom. The van der Waals surface area contributed by atoms with Crippen molar-refractivity contribution >= 4 is 5.97 Å². The third-order valence-electron chi connectivity index (χ3n) is 2.41. The molecule has 7 heteroatoms. The summed E-state index contributed by atoms with van der Waals surface area (Å²) in [5, 5.41) is 19.7. The van der Waals surface area contributed by atoms with Crippen LogP contribution in [0.15, 0.2) is 0 Å². The lowest BCUT2D eigenvalue weighted by molar-refractivity contribution is -0.136. The van der Waals surface area contributed by atoms with Gasteiger partial charge >= 0.3 is 5.97 Å². The van der Waals surface area contributed by atoms with Crippen molar-refractivity contribution in [2.75, 3.05) is 13.2 Å². The molecular weight excluding hydrogens is 200 g/mol. The molecule has 82 valence electrons. The Kier molecular flexibility index (Phi) is 2.91. The lowest BCUT2D eigenvalue weighted by atomic mass is 10.1. The molecule has 1 aromatic rings. The Morgan fingerprint density at radius 1 is 1.53 bits per heavy atom. The van der Waals surface area contributed by atoms with Crippen molar-refractivity contribution in [3.63, 3.8) is 0 Å². The molecule has 0 bridgehead atoms. The van der Waals surface area contributed by atoms with E-state index >= 15 is 0 Å². The van der Waals surface area contributed by atoms with Crippen LogP contribution in [0.25, 0.3) is 0 Å². The smallest absolute Gasteiger partial charge is 0.311 e. The van der Waals surface area contributed by atoms with Gasteiger partial charge in [0.1, 0.15) is 6.42 Å². The van der Waals surface area contributed by atoms with Crippen LogP contribution in [0.5, 0.6) is 0 Å². The average Bonchev–Trinajstić information content (AvgIpc) is 2.66. The minimum Gasteiger partial charge on any atom is -0.481 e. The molecule has 0 amide bonds. The maximum atomic E-state index is 10.6. The first kappa shape index (κ1) is 10.0. The molecule has 0 atom stereocenters. The number of hydrogen-bond acceptors (Lipinski definition) is 5. The van der Waals surface area contributed by atoms with Gasteiger partial charge in [-0.3, -0.25) is 4.79 Å².